The molecule has 0 fully saturated rings. The van der Waals surface area contributed by atoms with Gasteiger partial charge in [0.15, 0.2) is 0 Å². The number of halogens is 1. The van der Waals surface area contributed by atoms with Crippen molar-refractivity contribution in [3.8, 4) is 5.75 Å². The lowest BCUT2D eigenvalue weighted by Gasteiger charge is -2.33. The van der Waals surface area contributed by atoms with Crippen LogP contribution in [0.5, 0.6) is 5.75 Å². The van der Waals surface area contributed by atoms with Gasteiger partial charge >= 0.3 is 0 Å². The Bertz CT molecular complexity index is 1320. The predicted molar refractivity (Wildman–Crippen MR) is 144 cm³/mol. The Morgan fingerprint density at radius 2 is 1.68 bits per heavy atom. The van der Waals surface area contributed by atoms with Crippen molar-refractivity contribution in [1.82, 2.24) is 10.2 Å². The van der Waals surface area contributed by atoms with Gasteiger partial charge in [0.25, 0.3) is 10.0 Å². The third-order valence-corrected chi connectivity index (χ3v) is 7.88. The molecule has 0 saturated heterocycles. The van der Waals surface area contributed by atoms with E-state index in [1.807, 2.05) is 6.07 Å². The normalized spacial score (nSPS) is 11.9. The minimum Gasteiger partial charge on any atom is -0.497 e. The second kappa shape index (κ2) is 12.6. The number of methoxy groups -OCH3 is 1. The molecule has 0 aliphatic carbocycles. The lowest BCUT2D eigenvalue weighted by atomic mass is 10.1. The molecule has 0 radical (unpaired) electrons. The minimum atomic E-state index is -4.12. The van der Waals surface area contributed by atoms with Crippen LogP contribution in [0.25, 0.3) is 0 Å². The Kier molecular flexibility index (Phi) is 9.54. The van der Waals surface area contributed by atoms with Crippen LogP contribution < -0.4 is 14.4 Å². The first-order valence-corrected chi connectivity index (χ1v) is 13.5. The number of nitrogens with zero attached hydrogens (tertiary/aromatic N) is 2. The van der Waals surface area contributed by atoms with Gasteiger partial charge in [-0.1, -0.05) is 48.9 Å². The van der Waals surface area contributed by atoms with Crippen molar-refractivity contribution < 1.29 is 22.7 Å². The molecule has 2 amide bonds. The van der Waals surface area contributed by atoms with Crippen molar-refractivity contribution >= 4 is 39.1 Å². The molecule has 0 spiro atoms. The molecule has 0 aliphatic rings. The Hall–Kier alpha value is -3.56. The van der Waals surface area contributed by atoms with Crippen molar-refractivity contribution in [3.63, 3.8) is 0 Å². The fourth-order valence-electron chi connectivity index (χ4n) is 3.91. The van der Waals surface area contributed by atoms with E-state index in [2.05, 4.69) is 5.32 Å². The number of ether oxygens (including phenoxy) is 1. The molecule has 3 aromatic carbocycles. The van der Waals surface area contributed by atoms with E-state index in [0.29, 0.717) is 17.2 Å². The first-order chi connectivity index (χ1) is 17.7. The molecule has 3 aromatic rings. The molecular formula is C27H30ClN3O5S. The van der Waals surface area contributed by atoms with Crippen molar-refractivity contribution in [1.29, 1.82) is 0 Å². The molecule has 10 heteroatoms. The largest absolute Gasteiger partial charge is 0.497 e. The summed E-state index contributed by atoms with van der Waals surface area (Å²) in [5.74, 6) is -0.275. The molecule has 0 saturated carbocycles. The van der Waals surface area contributed by atoms with Gasteiger partial charge in [0.2, 0.25) is 11.8 Å². The van der Waals surface area contributed by atoms with Crippen LogP contribution in [0, 0.1) is 0 Å². The summed E-state index contributed by atoms with van der Waals surface area (Å²) in [6.45, 7) is 1.36. The number of hydrogen-bond acceptors (Lipinski definition) is 5. The minimum absolute atomic E-state index is 0.0374. The number of rotatable bonds is 11. The first kappa shape index (κ1) is 28.0. The van der Waals surface area contributed by atoms with E-state index in [1.165, 1.54) is 24.1 Å². The summed E-state index contributed by atoms with van der Waals surface area (Å²) in [7, 11) is -1.07. The van der Waals surface area contributed by atoms with Gasteiger partial charge < -0.3 is 15.0 Å². The third-order valence-electron chi connectivity index (χ3n) is 5.84. The number of nitrogens with one attached hydrogen (secondary N) is 1. The fraction of sp³-hybridized carbons (Fsp3) is 0.259. The molecule has 0 unspecified atom stereocenters. The van der Waals surface area contributed by atoms with Gasteiger partial charge in [-0.25, -0.2) is 8.42 Å². The Labute approximate surface area is 222 Å². The van der Waals surface area contributed by atoms with E-state index in [1.54, 1.807) is 74.7 Å². The molecular weight excluding hydrogens is 514 g/mol. The van der Waals surface area contributed by atoms with E-state index in [4.69, 9.17) is 16.3 Å². The van der Waals surface area contributed by atoms with E-state index < -0.39 is 28.5 Å². The number of hydrogen-bond donors (Lipinski definition) is 1. The summed E-state index contributed by atoms with van der Waals surface area (Å²) < 4.78 is 33.7. The maximum atomic E-state index is 13.8. The zero-order valence-electron chi connectivity index (χ0n) is 20.9. The van der Waals surface area contributed by atoms with Crippen molar-refractivity contribution in [2.45, 2.75) is 30.8 Å². The molecule has 1 N–H and O–H groups in total. The highest BCUT2D eigenvalue weighted by Gasteiger charge is 2.33. The number of anilines is 1. The Morgan fingerprint density at radius 3 is 2.27 bits per heavy atom. The van der Waals surface area contributed by atoms with Crippen LogP contribution in [0.1, 0.15) is 18.9 Å². The average molecular weight is 544 g/mol. The van der Waals surface area contributed by atoms with Crippen LogP contribution >= 0.6 is 11.6 Å². The van der Waals surface area contributed by atoms with E-state index in [0.717, 1.165) is 9.87 Å². The molecule has 37 heavy (non-hydrogen) atoms. The first-order valence-electron chi connectivity index (χ1n) is 11.7. The average Bonchev–Trinajstić information content (AvgIpc) is 2.92. The van der Waals surface area contributed by atoms with Gasteiger partial charge in [-0.3, -0.25) is 13.9 Å². The zero-order chi connectivity index (χ0) is 27.0. The summed E-state index contributed by atoms with van der Waals surface area (Å²) in [6, 6.07) is 20.4. The number of benzene rings is 3. The highest BCUT2D eigenvalue weighted by molar-refractivity contribution is 7.92. The van der Waals surface area contributed by atoms with E-state index in [-0.39, 0.29) is 23.0 Å². The summed E-state index contributed by atoms with van der Waals surface area (Å²) in [5, 5.41) is 3.03. The van der Waals surface area contributed by atoms with Gasteiger partial charge in [0, 0.05) is 18.6 Å². The van der Waals surface area contributed by atoms with Gasteiger partial charge in [-0.05, 0) is 60.5 Å². The molecule has 0 aromatic heterocycles. The molecule has 0 bridgehead atoms. The number of amides is 2. The predicted octanol–water partition coefficient (Wildman–Crippen LogP) is 4.10. The molecule has 0 heterocycles. The number of likely N-dealkylation sites (N-methyl/N-ethyl adjacent to an activating group) is 1. The third kappa shape index (κ3) is 6.81. The molecule has 1 atom stereocenters. The van der Waals surface area contributed by atoms with Crippen molar-refractivity contribution in [3.05, 3.63) is 89.4 Å². The van der Waals surface area contributed by atoms with Crippen LogP contribution in [-0.2, 0) is 26.2 Å². The number of carbonyl (C=O) groups excluding carboxylic acids is 2. The summed E-state index contributed by atoms with van der Waals surface area (Å²) in [4.78, 5) is 28.0. The summed E-state index contributed by atoms with van der Waals surface area (Å²) >= 11 is 6.03. The smallest absolute Gasteiger partial charge is 0.264 e. The van der Waals surface area contributed by atoms with Gasteiger partial charge in [0.05, 0.1) is 17.7 Å². The second-order valence-electron chi connectivity index (χ2n) is 8.21. The molecule has 8 nitrogen and oxygen atoms in total. The molecule has 196 valence electrons. The number of carbonyl (C=O) groups is 2. The molecule has 0 aliphatic heterocycles. The number of sulfonamides is 1. The maximum absolute atomic E-state index is 13.8. The van der Waals surface area contributed by atoms with Crippen molar-refractivity contribution in [2.24, 2.45) is 0 Å². The lowest BCUT2D eigenvalue weighted by Crippen LogP contribution is -2.51. The van der Waals surface area contributed by atoms with Crippen molar-refractivity contribution in [2.75, 3.05) is 25.0 Å². The van der Waals surface area contributed by atoms with Crippen LogP contribution in [0.2, 0.25) is 5.02 Å². The quantitative estimate of drug-likeness (QED) is 0.393. The van der Waals surface area contributed by atoms with Gasteiger partial charge in [-0.2, -0.15) is 0 Å². The van der Waals surface area contributed by atoms with Gasteiger partial charge in [0.1, 0.15) is 18.3 Å². The Morgan fingerprint density at radius 1 is 1.00 bits per heavy atom. The van der Waals surface area contributed by atoms with E-state index >= 15 is 0 Å². The highest BCUT2D eigenvalue weighted by Crippen LogP contribution is 2.26. The highest BCUT2D eigenvalue weighted by atomic mass is 35.5. The maximum Gasteiger partial charge on any atom is 0.264 e. The van der Waals surface area contributed by atoms with Gasteiger partial charge in [-0.15, -0.1) is 0 Å². The summed E-state index contributed by atoms with van der Waals surface area (Å²) in [5.41, 5.74) is 1.01. The topological polar surface area (TPSA) is 96.0 Å². The van der Waals surface area contributed by atoms with Crippen LogP contribution in [0.15, 0.2) is 83.8 Å². The standard InChI is InChI=1S/C27H30ClN3O5S/c1-4-25(27(33)29-2)30(18-20-9-8-10-23(17-20)36-3)26(32)19-31(22-15-13-21(28)14-16-22)37(34,35)24-11-6-5-7-12-24/h5-17,25H,4,18-19H2,1-3H3,(H,29,33)/t25-/m0/s1. The summed E-state index contributed by atoms with van der Waals surface area (Å²) in [6.07, 6.45) is 0.335. The van der Waals surface area contributed by atoms with Crippen LogP contribution in [0.3, 0.4) is 0 Å². The second-order valence-corrected chi connectivity index (χ2v) is 10.5. The molecule has 3 rings (SSSR count). The fourth-order valence-corrected chi connectivity index (χ4v) is 5.47. The zero-order valence-corrected chi connectivity index (χ0v) is 22.5. The monoisotopic (exact) mass is 543 g/mol. The van der Waals surface area contributed by atoms with Crippen LogP contribution in [0.4, 0.5) is 5.69 Å². The Balaban J connectivity index is 2.04. The van der Waals surface area contributed by atoms with E-state index in [9.17, 15) is 18.0 Å². The SMILES string of the molecule is CC[C@@H](C(=O)NC)N(Cc1cccc(OC)c1)C(=O)CN(c1ccc(Cl)cc1)S(=O)(=O)c1ccccc1. The van der Waals surface area contributed by atoms with Crippen LogP contribution in [-0.4, -0.2) is 51.9 Å². The lowest BCUT2D eigenvalue weighted by molar-refractivity contribution is -0.140.